The molecule has 0 radical (unpaired) electrons. The summed E-state index contributed by atoms with van der Waals surface area (Å²) in [6, 6.07) is 5.63. The summed E-state index contributed by atoms with van der Waals surface area (Å²) in [7, 11) is 0. The predicted molar refractivity (Wildman–Crippen MR) is 75.0 cm³/mol. The molecule has 2 rings (SSSR count). The van der Waals surface area contributed by atoms with Crippen LogP contribution >= 0.6 is 24.2 Å². The number of aryl methyl sites for hydroxylation is 1. The molecule has 0 atom stereocenters. The number of nitrogens with one attached hydrogen (secondary N) is 1. The summed E-state index contributed by atoms with van der Waals surface area (Å²) in [6.07, 6.45) is 2.75. The smallest absolute Gasteiger partial charge is 0.225 e. The van der Waals surface area contributed by atoms with E-state index >= 15 is 0 Å². The second-order valence-corrected chi connectivity index (χ2v) is 5.59. The van der Waals surface area contributed by atoms with Crippen LogP contribution in [-0.2, 0) is 4.79 Å². The molecule has 1 amide bonds. The Kier molecular flexibility index (Phi) is 3.69. The van der Waals surface area contributed by atoms with Gasteiger partial charge < -0.3 is 5.32 Å². The third-order valence-electron chi connectivity index (χ3n) is 3.23. The second kappa shape index (κ2) is 4.91. The maximum absolute atomic E-state index is 11.9. The Morgan fingerprint density at radius 1 is 1.53 bits per heavy atom. The van der Waals surface area contributed by atoms with Crippen molar-refractivity contribution in [3.05, 3.63) is 28.8 Å². The number of thiol groups is 1. The SMILES string of the molecule is Cc1ccc(NC(=O)CC2(CS)CC2)c(Cl)c1. The fraction of sp³-hybridized carbons (Fsp3) is 0.462. The van der Waals surface area contributed by atoms with Crippen LogP contribution < -0.4 is 5.32 Å². The summed E-state index contributed by atoms with van der Waals surface area (Å²) in [4.78, 5) is 11.9. The Morgan fingerprint density at radius 2 is 2.24 bits per heavy atom. The van der Waals surface area contributed by atoms with Gasteiger partial charge in [-0.3, -0.25) is 4.79 Å². The lowest BCUT2D eigenvalue weighted by Gasteiger charge is -2.12. The first-order valence-electron chi connectivity index (χ1n) is 5.72. The lowest BCUT2D eigenvalue weighted by atomic mass is 10.1. The van der Waals surface area contributed by atoms with Gasteiger partial charge in [0, 0.05) is 6.42 Å². The lowest BCUT2D eigenvalue weighted by Crippen LogP contribution is -2.18. The van der Waals surface area contributed by atoms with Gasteiger partial charge in [0.25, 0.3) is 0 Å². The zero-order valence-electron chi connectivity index (χ0n) is 9.79. The lowest BCUT2D eigenvalue weighted by molar-refractivity contribution is -0.117. The number of carbonyl (C=O) groups excluding carboxylic acids is 1. The first-order valence-corrected chi connectivity index (χ1v) is 6.73. The largest absolute Gasteiger partial charge is 0.325 e. The third-order valence-corrected chi connectivity index (χ3v) is 4.21. The Morgan fingerprint density at radius 3 is 2.76 bits per heavy atom. The van der Waals surface area contributed by atoms with Crippen molar-refractivity contribution in [3.8, 4) is 0 Å². The quantitative estimate of drug-likeness (QED) is 0.802. The van der Waals surface area contributed by atoms with Gasteiger partial charge in [-0.1, -0.05) is 17.7 Å². The van der Waals surface area contributed by atoms with Crippen LogP contribution in [0.5, 0.6) is 0 Å². The average Bonchev–Trinajstić information content (AvgIpc) is 3.03. The van der Waals surface area contributed by atoms with Gasteiger partial charge in [0.05, 0.1) is 10.7 Å². The second-order valence-electron chi connectivity index (χ2n) is 4.87. The van der Waals surface area contributed by atoms with Crippen molar-refractivity contribution in [2.75, 3.05) is 11.1 Å². The number of benzene rings is 1. The molecular weight excluding hydrogens is 254 g/mol. The zero-order chi connectivity index (χ0) is 12.5. The van der Waals surface area contributed by atoms with Gasteiger partial charge >= 0.3 is 0 Å². The van der Waals surface area contributed by atoms with Crippen LogP contribution in [-0.4, -0.2) is 11.7 Å². The first kappa shape index (κ1) is 12.8. The number of carbonyl (C=O) groups is 1. The van der Waals surface area contributed by atoms with Crippen LogP contribution in [0.2, 0.25) is 5.02 Å². The zero-order valence-corrected chi connectivity index (χ0v) is 11.4. The number of anilines is 1. The molecule has 1 fully saturated rings. The number of hydrogen-bond acceptors (Lipinski definition) is 2. The van der Waals surface area contributed by atoms with Crippen molar-refractivity contribution >= 4 is 35.8 Å². The standard InChI is InChI=1S/C13H16ClNOS/c1-9-2-3-11(10(14)6-9)15-12(16)7-13(8-17)4-5-13/h2-3,6,17H,4-5,7-8H2,1H3,(H,15,16). The highest BCUT2D eigenvalue weighted by molar-refractivity contribution is 7.80. The molecule has 92 valence electrons. The van der Waals surface area contributed by atoms with Gasteiger partial charge in [0.2, 0.25) is 5.91 Å². The summed E-state index contributed by atoms with van der Waals surface area (Å²) in [5.41, 5.74) is 1.92. The Bertz CT molecular complexity index is 443. The van der Waals surface area contributed by atoms with Crippen LogP contribution in [0.3, 0.4) is 0 Å². The van der Waals surface area contributed by atoms with Crippen molar-refractivity contribution in [1.29, 1.82) is 0 Å². The third kappa shape index (κ3) is 3.17. The summed E-state index contributed by atoms with van der Waals surface area (Å²) in [5, 5.41) is 3.45. The van der Waals surface area contributed by atoms with Crippen molar-refractivity contribution in [2.45, 2.75) is 26.2 Å². The average molecular weight is 270 g/mol. The van der Waals surface area contributed by atoms with Gasteiger partial charge in [-0.15, -0.1) is 0 Å². The van der Waals surface area contributed by atoms with Gasteiger partial charge in [0.1, 0.15) is 0 Å². The van der Waals surface area contributed by atoms with Crippen molar-refractivity contribution < 1.29 is 4.79 Å². The molecule has 1 N–H and O–H groups in total. The molecule has 1 aromatic rings. The van der Waals surface area contributed by atoms with E-state index in [-0.39, 0.29) is 11.3 Å². The molecule has 2 nitrogen and oxygen atoms in total. The normalized spacial score (nSPS) is 16.6. The number of hydrogen-bond donors (Lipinski definition) is 2. The van der Waals surface area contributed by atoms with Crippen LogP contribution in [0.25, 0.3) is 0 Å². The topological polar surface area (TPSA) is 29.1 Å². The van der Waals surface area contributed by atoms with Crippen LogP contribution in [0, 0.1) is 12.3 Å². The Balaban J connectivity index is 1.98. The van der Waals surface area contributed by atoms with E-state index in [1.54, 1.807) is 0 Å². The van der Waals surface area contributed by atoms with E-state index < -0.39 is 0 Å². The Labute approximate surface area is 112 Å². The minimum atomic E-state index is 0.0299. The van der Waals surface area contributed by atoms with Gasteiger partial charge in [-0.25, -0.2) is 0 Å². The maximum Gasteiger partial charge on any atom is 0.225 e. The van der Waals surface area contributed by atoms with Crippen molar-refractivity contribution in [2.24, 2.45) is 5.41 Å². The minimum absolute atomic E-state index is 0.0299. The van der Waals surface area contributed by atoms with E-state index in [9.17, 15) is 4.79 Å². The first-order chi connectivity index (χ1) is 8.04. The van der Waals surface area contributed by atoms with Gasteiger partial charge in [0.15, 0.2) is 0 Å². The molecule has 0 heterocycles. The molecule has 0 aliphatic heterocycles. The van der Waals surface area contributed by atoms with E-state index in [1.165, 1.54) is 0 Å². The monoisotopic (exact) mass is 269 g/mol. The highest BCUT2D eigenvalue weighted by Crippen LogP contribution is 2.49. The highest BCUT2D eigenvalue weighted by Gasteiger charge is 2.42. The van der Waals surface area contributed by atoms with Crippen molar-refractivity contribution in [1.82, 2.24) is 0 Å². The van der Waals surface area contributed by atoms with Crippen LogP contribution in [0.15, 0.2) is 18.2 Å². The molecule has 1 aliphatic carbocycles. The number of halogens is 1. The minimum Gasteiger partial charge on any atom is -0.325 e. The summed E-state index contributed by atoms with van der Waals surface area (Å²) in [6.45, 7) is 1.97. The van der Waals surface area contributed by atoms with E-state index in [0.29, 0.717) is 17.1 Å². The highest BCUT2D eigenvalue weighted by atomic mass is 35.5. The number of rotatable bonds is 4. The van der Waals surface area contributed by atoms with E-state index in [2.05, 4.69) is 17.9 Å². The van der Waals surface area contributed by atoms with Gasteiger partial charge in [-0.2, -0.15) is 12.6 Å². The van der Waals surface area contributed by atoms with Crippen molar-refractivity contribution in [3.63, 3.8) is 0 Å². The molecule has 1 saturated carbocycles. The fourth-order valence-electron chi connectivity index (χ4n) is 1.82. The molecule has 1 aliphatic rings. The molecule has 1 aromatic carbocycles. The Hall–Kier alpha value is -0.670. The molecule has 0 spiro atoms. The molecule has 0 saturated heterocycles. The molecular formula is C13H16ClNOS. The fourth-order valence-corrected chi connectivity index (χ4v) is 2.53. The molecule has 17 heavy (non-hydrogen) atoms. The molecule has 0 bridgehead atoms. The van der Waals surface area contributed by atoms with E-state index in [0.717, 1.165) is 24.2 Å². The predicted octanol–water partition coefficient (Wildman–Crippen LogP) is 3.69. The molecule has 0 aromatic heterocycles. The molecule has 4 heteroatoms. The maximum atomic E-state index is 11.9. The van der Waals surface area contributed by atoms with E-state index in [1.807, 2.05) is 25.1 Å². The summed E-state index contributed by atoms with van der Waals surface area (Å²) in [5.74, 6) is 0.810. The summed E-state index contributed by atoms with van der Waals surface area (Å²) >= 11 is 10.4. The van der Waals surface area contributed by atoms with Gasteiger partial charge in [-0.05, 0) is 48.6 Å². The molecule has 0 unspecified atom stereocenters. The van der Waals surface area contributed by atoms with E-state index in [4.69, 9.17) is 11.6 Å². The summed E-state index contributed by atoms with van der Waals surface area (Å²) < 4.78 is 0. The van der Waals surface area contributed by atoms with Crippen LogP contribution in [0.4, 0.5) is 5.69 Å². The van der Waals surface area contributed by atoms with Crippen LogP contribution in [0.1, 0.15) is 24.8 Å². The number of amides is 1.